The van der Waals surface area contributed by atoms with Gasteiger partial charge in [0, 0.05) is 18.5 Å². The lowest BCUT2D eigenvalue weighted by atomic mass is 9.87. The first kappa shape index (κ1) is 15.8. The number of aliphatic hydroxyl groups excluding tert-OH is 1. The van der Waals surface area contributed by atoms with E-state index in [1.54, 1.807) is 11.3 Å². The molecular weight excluding hydrogens is 268 g/mol. The highest BCUT2D eigenvalue weighted by Gasteiger charge is 2.27. The summed E-state index contributed by atoms with van der Waals surface area (Å²) in [6, 6.07) is 0. The van der Waals surface area contributed by atoms with Gasteiger partial charge >= 0.3 is 0 Å². The van der Waals surface area contributed by atoms with E-state index >= 15 is 0 Å². The topological polar surface area (TPSA) is 36.4 Å². The first-order valence-corrected chi connectivity index (χ1v) is 8.50. The lowest BCUT2D eigenvalue weighted by Crippen LogP contribution is -2.35. The number of rotatable bonds is 3. The van der Waals surface area contributed by atoms with E-state index in [4.69, 9.17) is 4.98 Å². The van der Waals surface area contributed by atoms with E-state index in [2.05, 4.69) is 39.5 Å². The standard InChI is InChI=1S/C16H28N2OS/c1-11(2)12-6-8-18(9-7-12)15-17-14(16(3,4)5)13(10-19)20-15/h11-12,19H,6-10H2,1-5H3. The van der Waals surface area contributed by atoms with Crippen LogP contribution in [0.2, 0.25) is 0 Å². The van der Waals surface area contributed by atoms with Crippen molar-refractivity contribution in [1.82, 2.24) is 4.98 Å². The lowest BCUT2D eigenvalue weighted by molar-refractivity contribution is 0.282. The average molecular weight is 296 g/mol. The fraction of sp³-hybridized carbons (Fsp3) is 0.812. The van der Waals surface area contributed by atoms with Crippen LogP contribution in [0.3, 0.4) is 0 Å². The van der Waals surface area contributed by atoms with Crippen molar-refractivity contribution in [3.8, 4) is 0 Å². The summed E-state index contributed by atoms with van der Waals surface area (Å²) in [5.41, 5.74) is 1.06. The Morgan fingerprint density at radius 1 is 1.30 bits per heavy atom. The molecule has 0 saturated carbocycles. The van der Waals surface area contributed by atoms with Crippen LogP contribution in [0.4, 0.5) is 5.13 Å². The second-order valence-electron chi connectivity index (χ2n) is 7.24. The maximum atomic E-state index is 9.56. The number of aliphatic hydroxyl groups is 1. The molecule has 0 atom stereocenters. The minimum atomic E-state index is 0.00304. The molecule has 20 heavy (non-hydrogen) atoms. The van der Waals surface area contributed by atoms with Gasteiger partial charge in [0.25, 0.3) is 0 Å². The zero-order chi connectivity index (χ0) is 14.9. The molecule has 0 bridgehead atoms. The third-order valence-electron chi connectivity index (χ3n) is 4.29. The number of hydrogen-bond donors (Lipinski definition) is 1. The number of anilines is 1. The highest BCUT2D eigenvalue weighted by Crippen LogP contribution is 2.36. The van der Waals surface area contributed by atoms with E-state index in [1.807, 2.05) is 0 Å². The predicted molar refractivity (Wildman–Crippen MR) is 86.5 cm³/mol. The van der Waals surface area contributed by atoms with E-state index in [1.165, 1.54) is 12.8 Å². The van der Waals surface area contributed by atoms with Gasteiger partial charge in [0.05, 0.1) is 17.2 Å². The molecule has 2 rings (SSSR count). The molecule has 4 heteroatoms. The molecule has 0 aromatic carbocycles. The van der Waals surface area contributed by atoms with E-state index in [-0.39, 0.29) is 12.0 Å². The number of thiazole rings is 1. The molecule has 2 heterocycles. The largest absolute Gasteiger partial charge is 0.391 e. The molecule has 0 radical (unpaired) electrons. The van der Waals surface area contributed by atoms with Gasteiger partial charge in [-0.05, 0) is 24.7 Å². The summed E-state index contributed by atoms with van der Waals surface area (Å²) < 4.78 is 0. The number of nitrogens with zero attached hydrogens (tertiary/aromatic N) is 2. The molecule has 0 amide bonds. The molecule has 1 aromatic rings. The van der Waals surface area contributed by atoms with Gasteiger partial charge in [0.2, 0.25) is 0 Å². The molecule has 1 aliphatic heterocycles. The highest BCUT2D eigenvalue weighted by molar-refractivity contribution is 7.15. The van der Waals surface area contributed by atoms with Crippen molar-refractivity contribution >= 4 is 16.5 Å². The number of aromatic nitrogens is 1. The van der Waals surface area contributed by atoms with Crippen molar-refractivity contribution in [2.75, 3.05) is 18.0 Å². The SMILES string of the molecule is CC(C)C1CCN(c2nc(C(C)(C)C)c(CO)s2)CC1. The normalized spacial score (nSPS) is 18.1. The molecule has 0 unspecified atom stereocenters. The van der Waals surface area contributed by atoms with Gasteiger partial charge in [-0.3, -0.25) is 0 Å². The minimum Gasteiger partial charge on any atom is -0.391 e. The van der Waals surface area contributed by atoms with Gasteiger partial charge in [-0.15, -0.1) is 0 Å². The Morgan fingerprint density at radius 3 is 2.30 bits per heavy atom. The van der Waals surface area contributed by atoms with Gasteiger partial charge in [-0.2, -0.15) is 0 Å². The highest BCUT2D eigenvalue weighted by atomic mass is 32.1. The molecule has 1 aliphatic rings. The Kier molecular flexibility index (Phi) is 4.75. The Balaban J connectivity index is 2.13. The number of hydrogen-bond acceptors (Lipinski definition) is 4. The third kappa shape index (κ3) is 3.34. The van der Waals surface area contributed by atoms with E-state index in [0.29, 0.717) is 0 Å². The molecule has 114 valence electrons. The molecule has 1 fully saturated rings. The van der Waals surface area contributed by atoms with Gasteiger partial charge < -0.3 is 10.0 Å². The van der Waals surface area contributed by atoms with Crippen LogP contribution in [0.25, 0.3) is 0 Å². The van der Waals surface area contributed by atoms with Crippen LogP contribution in [0.15, 0.2) is 0 Å². The lowest BCUT2D eigenvalue weighted by Gasteiger charge is -2.33. The monoisotopic (exact) mass is 296 g/mol. The second kappa shape index (κ2) is 6.02. The van der Waals surface area contributed by atoms with Gasteiger partial charge in [-0.1, -0.05) is 46.0 Å². The van der Waals surface area contributed by atoms with Crippen LogP contribution in [0.1, 0.15) is 58.0 Å². The summed E-state index contributed by atoms with van der Waals surface area (Å²) >= 11 is 1.67. The van der Waals surface area contributed by atoms with E-state index in [0.717, 1.165) is 40.6 Å². The van der Waals surface area contributed by atoms with Crippen molar-refractivity contribution in [1.29, 1.82) is 0 Å². The average Bonchev–Trinajstić information content (AvgIpc) is 2.83. The molecule has 1 N–H and O–H groups in total. The summed E-state index contributed by atoms with van der Waals surface area (Å²) in [5.74, 6) is 1.64. The van der Waals surface area contributed by atoms with Crippen LogP contribution in [0.5, 0.6) is 0 Å². The first-order valence-electron chi connectivity index (χ1n) is 7.69. The van der Waals surface area contributed by atoms with Gasteiger partial charge in [0.1, 0.15) is 0 Å². The van der Waals surface area contributed by atoms with Crippen LogP contribution in [0, 0.1) is 11.8 Å². The van der Waals surface area contributed by atoms with Crippen molar-refractivity contribution in [3.05, 3.63) is 10.6 Å². The molecule has 0 spiro atoms. The third-order valence-corrected chi connectivity index (χ3v) is 5.39. The fourth-order valence-corrected chi connectivity index (χ4v) is 4.11. The van der Waals surface area contributed by atoms with Crippen molar-refractivity contribution < 1.29 is 5.11 Å². The van der Waals surface area contributed by atoms with Crippen LogP contribution in [-0.4, -0.2) is 23.2 Å². The summed E-state index contributed by atoms with van der Waals surface area (Å²) in [6.07, 6.45) is 2.52. The fourth-order valence-electron chi connectivity index (χ4n) is 2.93. The molecule has 1 saturated heterocycles. The van der Waals surface area contributed by atoms with Crippen molar-refractivity contribution in [2.45, 2.75) is 59.5 Å². The van der Waals surface area contributed by atoms with E-state index in [9.17, 15) is 5.11 Å². The summed E-state index contributed by atoms with van der Waals surface area (Å²) in [4.78, 5) is 8.26. The predicted octanol–water partition coefficient (Wildman–Crippen LogP) is 3.81. The zero-order valence-corrected chi connectivity index (χ0v) is 14.3. The maximum Gasteiger partial charge on any atom is 0.185 e. The number of piperidine rings is 1. The summed E-state index contributed by atoms with van der Waals surface area (Å²) in [6.45, 7) is 13.4. The Labute approximate surface area is 127 Å². The van der Waals surface area contributed by atoms with Crippen LogP contribution < -0.4 is 4.90 Å². The summed E-state index contributed by atoms with van der Waals surface area (Å²) in [5, 5.41) is 10.7. The Morgan fingerprint density at radius 2 is 1.90 bits per heavy atom. The molecule has 0 aliphatic carbocycles. The van der Waals surface area contributed by atoms with Crippen molar-refractivity contribution in [3.63, 3.8) is 0 Å². The maximum absolute atomic E-state index is 9.56. The van der Waals surface area contributed by atoms with Crippen molar-refractivity contribution in [2.24, 2.45) is 11.8 Å². The van der Waals surface area contributed by atoms with Crippen LogP contribution in [-0.2, 0) is 12.0 Å². The van der Waals surface area contributed by atoms with E-state index < -0.39 is 0 Å². The summed E-state index contributed by atoms with van der Waals surface area (Å²) in [7, 11) is 0. The molecule has 1 aromatic heterocycles. The minimum absolute atomic E-state index is 0.00304. The molecule has 3 nitrogen and oxygen atoms in total. The Bertz CT molecular complexity index is 440. The van der Waals surface area contributed by atoms with Gasteiger partial charge in [0.15, 0.2) is 5.13 Å². The zero-order valence-electron chi connectivity index (χ0n) is 13.4. The Hall–Kier alpha value is -0.610. The first-order chi connectivity index (χ1) is 9.32. The smallest absolute Gasteiger partial charge is 0.185 e. The molecular formula is C16H28N2OS. The van der Waals surface area contributed by atoms with Crippen LogP contribution >= 0.6 is 11.3 Å². The quantitative estimate of drug-likeness (QED) is 0.921. The van der Waals surface area contributed by atoms with Gasteiger partial charge in [-0.25, -0.2) is 4.98 Å². The second-order valence-corrected chi connectivity index (χ2v) is 8.31.